The summed E-state index contributed by atoms with van der Waals surface area (Å²) >= 11 is 0. The maximum atomic E-state index is 12.5. The summed E-state index contributed by atoms with van der Waals surface area (Å²) in [6, 6.07) is -0.549. The number of allylic oxidation sites excluding steroid dienone is 6. The molecular formula is C61H115NO5. The molecule has 0 fully saturated rings. The number of rotatable bonds is 55. The molecule has 0 saturated carbocycles. The fourth-order valence-corrected chi connectivity index (χ4v) is 9.08. The summed E-state index contributed by atoms with van der Waals surface area (Å²) < 4.78 is 5.47. The maximum Gasteiger partial charge on any atom is 0.305 e. The van der Waals surface area contributed by atoms with Gasteiger partial charge in [0.15, 0.2) is 0 Å². The number of hydrogen-bond acceptors (Lipinski definition) is 5. The molecule has 0 aliphatic rings. The van der Waals surface area contributed by atoms with Gasteiger partial charge >= 0.3 is 5.97 Å². The van der Waals surface area contributed by atoms with Crippen LogP contribution >= 0.6 is 0 Å². The molecule has 67 heavy (non-hydrogen) atoms. The molecule has 6 nitrogen and oxygen atoms in total. The molecule has 0 aromatic carbocycles. The van der Waals surface area contributed by atoms with E-state index in [9.17, 15) is 19.8 Å². The molecule has 3 N–H and O–H groups in total. The van der Waals surface area contributed by atoms with Gasteiger partial charge in [0.05, 0.1) is 25.4 Å². The van der Waals surface area contributed by atoms with Gasteiger partial charge in [-0.3, -0.25) is 9.59 Å². The van der Waals surface area contributed by atoms with Crippen molar-refractivity contribution in [1.29, 1.82) is 0 Å². The van der Waals surface area contributed by atoms with Crippen LogP contribution in [0.1, 0.15) is 316 Å². The fraction of sp³-hybridized carbons (Fsp3) is 0.869. The topological polar surface area (TPSA) is 95.9 Å². The molecule has 0 aliphatic heterocycles. The molecule has 0 spiro atoms. The van der Waals surface area contributed by atoms with Gasteiger partial charge in [-0.1, -0.05) is 256 Å². The van der Waals surface area contributed by atoms with Crippen molar-refractivity contribution in [2.75, 3.05) is 13.2 Å². The molecule has 0 radical (unpaired) electrons. The van der Waals surface area contributed by atoms with E-state index in [0.29, 0.717) is 25.9 Å². The lowest BCUT2D eigenvalue weighted by atomic mass is 10.0. The zero-order chi connectivity index (χ0) is 48.6. The van der Waals surface area contributed by atoms with Crippen LogP contribution in [0.15, 0.2) is 36.5 Å². The van der Waals surface area contributed by atoms with Gasteiger partial charge in [0, 0.05) is 12.8 Å². The molecule has 0 bridgehead atoms. The summed E-state index contributed by atoms with van der Waals surface area (Å²) in [5.74, 6) is -0.0470. The van der Waals surface area contributed by atoms with Gasteiger partial charge in [0.1, 0.15) is 0 Å². The van der Waals surface area contributed by atoms with Crippen molar-refractivity contribution in [3.05, 3.63) is 36.5 Å². The number of aliphatic hydroxyl groups excluding tert-OH is 2. The number of carbonyl (C=O) groups is 2. The Labute approximate surface area is 417 Å². The Morgan fingerprint density at radius 1 is 0.418 bits per heavy atom. The summed E-state index contributed by atoms with van der Waals surface area (Å²) in [6.07, 6.45) is 70.0. The number of amides is 1. The third-order valence-corrected chi connectivity index (χ3v) is 13.7. The second-order valence-electron chi connectivity index (χ2n) is 20.3. The molecule has 0 heterocycles. The van der Waals surface area contributed by atoms with Gasteiger partial charge in [-0.2, -0.15) is 0 Å². The van der Waals surface area contributed by atoms with Crippen LogP contribution in [0.5, 0.6) is 0 Å². The lowest BCUT2D eigenvalue weighted by Crippen LogP contribution is -2.45. The monoisotopic (exact) mass is 942 g/mol. The van der Waals surface area contributed by atoms with Crippen LogP contribution < -0.4 is 5.32 Å². The molecule has 0 aromatic rings. The Morgan fingerprint density at radius 3 is 1.15 bits per heavy atom. The minimum absolute atomic E-state index is 0.00165. The van der Waals surface area contributed by atoms with Crippen molar-refractivity contribution in [1.82, 2.24) is 5.32 Å². The number of carbonyl (C=O) groups excluding carboxylic acids is 2. The molecule has 6 heteroatoms. The highest BCUT2D eigenvalue weighted by atomic mass is 16.5. The minimum atomic E-state index is -0.670. The van der Waals surface area contributed by atoms with E-state index in [1.54, 1.807) is 0 Å². The first-order chi connectivity index (χ1) is 33.0. The van der Waals surface area contributed by atoms with Crippen LogP contribution in [0.4, 0.5) is 0 Å². The number of esters is 1. The van der Waals surface area contributed by atoms with Crippen LogP contribution in [-0.2, 0) is 14.3 Å². The van der Waals surface area contributed by atoms with Crippen molar-refractivity contribution in [3.63, 3.8) is 0 Å². The molecule has 394 valence electrons. The molecular weight excluding hydrogens is 827 g/mol. The van der Waals surface area contributed by atoms with Gasteiger partial charge in [-0.15, -0.1) is 0 Å². The number of nitrogens with one attached hydrogen (secondary N) is 1. The molecule has 2 atom stereocenters. The fourth-order valence-electron chi connectivity index (χ4n) is 9.08. The van der Waals surface area contributed by atoms with Gasteiger partial charge < -0.3 is 20.3 Å². The first-order valence-corrected chi connectivity index (χ1v) is 29.7. The van der Waals surface area contributed by atoms with E-state index in [1.807, 2.05) is 0 Å². The maximum absolute atomic E-state index is 12.5. The molecule has 2 unspecified atom stereocenters. The number of ether oxygens (including phenoxy) is 1. The van der Waals surface area contributed by atoms with E-state index in [4.69, 9.17) is 4.74 Å². The zero-order valence-electron chi connectivity index (χ0n) is 44.9. The normalized spacial score (nSPS) is 12.8. The minimum Gasteiger partial charge on any atom is -0.466 e. The Hall–Kier alpha value is -1.92. The molecule has 1 amide bonds. The highest BCUT2D eigenvalue weighted by molar-refractivity contribution is 5.76. The van der Waals surface area contributed by atoms with E-state index >= 15 is 0 Å². The van der Waals surface area contributed by atoms with Crippen LogP contribution in [0, 0.1) is 0 Å². The summed E-state index contributed by atoms with van der Waals surface area (Å²) in [5, 5.41) is 23.2. The van der Waals surface area contributed by atoms with Gasteiger partial charge in [0.25, 0.3) is 0 Å². The molecule has 0 aliphatic carbocycles. The van der Waals surface area contributed by atoms with E-state index in [0.717, 1.165) is 57.8 Å². The number of aliphatic hydroxyl groups is 2. The van der Waals surface area contributed by atoms with Crippen molar-refractivity contribution in [2.24, 2.45) is 0 Å². The summed E-state index contributed by atoms with van der Waals surface area (Å²) in [7, 11) is 0. The third kappa shape index (κ3) is 53.3. The SMILES string of the molecule is CCCCCCC/C=C\CCCCCCCC(=O)OCCCCCCCCCCC/C=C\C/C=C\CCCCCCCCCC(=O)NC(CO)C(O)CCCCCCCCCCCCCCC. The van der Waals surface area contributed by atoms with E-state index < -0.39 is 12.1 Å². The Bertz CT molecular complexity index is 1090. The first kappa shape index (κ1) is 65.1. The average molecular weight is 943 g/mol. The predicted molar refractivity (Wildman–Crippen MR) is 292 cm³/mol. The Morgan fingerprint density at radius 2 is 0.746 bits per heavy atom. The van der Waals surface area contributed by atoms with Gasteiger partial charge in [-0.25, -0.2) is 0 Å². The van der Waals surface area contributed by atoms with Crippen LogP contribution in [0.25, 0.3) is 0 Å². The Kier molecular flexibility index (Phi) is 55.0. The summed E-state index contributed by atoms with van der Waals surface area (Å²) in [5.41, 5.74) is 0. The van der Waals surface area contributed by atoms with E-state index in [-0.39, 0.29) is 18.5 Å². The first-order valence-electron chi connectivity index (χ1n) is 29.7. The summed E-state index contributed by atoms with van der Waals surface area (Å²) in [4.78, 5) is 24.5. The molecule has 0 saturated heterocycles. The van der Waals surface area contributed by atoms with Crippen LogP contribution in [0.3, 0.4) is 0 Å². The van der Waals surface area contributed by atoms with Crippen LogP contribution in [-0.4, -0.2) is 47.4 Å². The Balaban J connectivity index is 3.45. The zero-order valence-corrected chi connectivity index (χ0v) is 44.9. The highest BCUT2D eigenvalue weighted by Gasteiger charge is 2.20. The van der Waals surface area contributed by atoms with Gasteiger partial charge in [0.2, 0.25) is 5.91 Å². The third-order valence-electron chi connectivity index (χ3n) is 13.7. The molecule has 0 aromatic heterocycles. The van der Waals surface area contributed by atoms with Crippen LogP contribution in [0.2, 0.25) is 0 Å². The standard InChI is InChI=1S/C61H115NO5/c1-3-5-7-9-11-13-15-17-31-35-39-43-47-51-55-61(66)67-56-52-48-44-40-36-32-28-26-24-22-20-18-19-21-23-25-27-30-34-38-42-46-50-54-60(65)62-58(57-63)59(64)53-49-45-41-37-33-29-16-14-12-10-8-6-4-2/h15,17-18,20-21,23,58-59,63-64H,3-14,16,19,22,24-57H2,1-2H3,(H,62,65)/b17-15-,20-18-,23-21-. The second-order valence-corrected chi connectivity index (χ2v) is 20.3. The number of unbranched alkanes of at least 4 members (excludes halogenated alkanes) is 38. The van der Waals surface area contributed by atoms with Gasteiger partial charge in [-0.05, 0) is 83.5 Å². The van der Waals surface area contributed by atoms with Crippen molar-refractivity contribution < 1.29 is 24.5 Å². The van der Waals surface area contributed by atoms with Crippen molar-refractivity contribution >= 4 is 11.9 Å². The van der Waals surface area contributed by atoms with Crippen molar-refractivity contribution in [3.8, 4) is 0 Å². The lowest BCUT2D eigenvalue weighted by Gasteiger charge is -2.22. The predicted octanol–water partition coefficient (Wildman–Crippen LogP) is 18.4. The summed E-state index contributed by atoms with van der Waals surface area (Å²) in [6.45, 7) is 4.93. The quantitative estimate of drug-likeness (QED) is 0.0321. The smallest absolute Gasteiger partial charge is 0.305 e. The lowest BCUT2D eigenvalue weighted by molar-refractivity contribution is -0.143. The average Bonchev–Trinajstić information content (AvgIpc) is 3.33. The second kappa shape index (κ2) is 56.7. The van der Waals surface area contributed by atoms with E-state index in [1.165, 1.54) is 225 Å². The van der Waals surface area contributed by atoms with Crippen molar-refractivity contribution in [2.45, 2.75) is 328 Å². The van der Waals surface area contributed by atoms with E-state index in [2.05, 4.69) is 55.6 Å². The number of hydrogen-bond donors (Lipinski definition) is 3. The molecule has 0 rings (SSSR count). The largest absolute Gasteiger partial charge is 0.466 e. The highest BCUT2D eigenvalue weighted by Crippen LogP contribution is 2.16.